The van der Waals surface area contributed by atoms with Gasteiger partial charge in [-0.15, -0.1) is 0 Å². The van der Waals surface area contributed by atoms with Crippen LogP contribution in [-0.4, -0.2) is 29.5 Å². The summed E-state index contributed by atoms with van der Waals surface area (Å²) in [5, 5.41) is 3.08. The van der Waals surface area contributed by atoms with Crippen LogP contribution in [0.4, 0.5) is 0 Å². The number of carbonyl (C=O) groups excluding carboxylic acids is 2. The van der Waals surface area contributed by atoms with Crippen molar-refractivity contribution in [3.63, 3.8) is 0 Å². The normalized spacial score (nSPS) is 23.6. The number of aromatic nitrogens is 1. The Balaban J connectivity index is 1.91. The minimum absolute atomic E-state index is 0.104. The number of esters is 1. The molecule has 5 nitrogen and oxygen atoms in total. The molecule has 6 heteroatoms. The standard InChI is InChI=1S/C18H25ClN2O3/c1-10-6-5-7-14(13(10)4)21-15(22)9-24-18(23)16-11(2)8-12(3)20-17(16)19/h8,10,13-14H,5-7,9H2,1-4H3,(H,21,22)/t10-,13-,14-/m1/s1. The molecule has 1 heterocycles. The number of aryl methyl sites for hydroxylation is 2. The first kappa shape index (κ1) is 18.7. The highest BCUT2D eigenvalue weighted by Gasteiger charge is 2.28. The van der Waals surface area contributed by atoms with E-state index < -0.39 is 5.97 Å². The van der Waals surface area contributed by atoms with E-state index in [0.717, 1.165) is 18.5 Å². The van der Waals surface area contributed by atoms with Crippen LogP contribution < -0.4 is 5.32 Å². The summed E-state index contributed by atoms with van der Waals surface area (Å²) in [4.78, 5) is 28.3. The molecule has 1 fully saturated rings. The zero-order chi connectivity index (χ0) is 17.9. The van der Waals surface area contributed by atoms with Gasteiger partial charge in [0.1, 0.15) is 5.15 Å². The van der Waals surface area contributed by atoms with Gasteiger partial charge in [0.25, 0.3) is 5.91 Å². The average Bonchev–Trinajstić information content (AvgIpc) is 2.49. The lowest BCUT2D eigenvalue weighted by atomic mass is 9.78. The first-order valence-corrected chi connectivity index (χ1v) is 8.77. The maximum absolute atomic E-state index is 12.2. The van der Waals surface area contributed by atoms with Gasteiger partial charge < -0.3 is 10.1 Å². The largest absolute Gasteiger partial charge is 0.452 e. The van der Waals surface area contributed by atoms with Crippen LogP contribution in [0.25, 0.3) is 0 Å². The van der Waals surface area contributed by atoms with Crippen molar-refractivity contribution in [1.82, 2.24) is 10.3 Å². The highest BCUT2D eigenvalue weighted by molar-refractivity contribution is 6.32. The number of halogens is 1. The molecule has 1 amide bonds. The number of ether oxygens (including phenoxy) is 1. The maximum Gasteiger partial charge on any atom is 0.342 e. The summed E-state index contributed by atoms with van der Waals surface area (Å²) in [6.07, 6.45) is 3.28. The number of nitrogens with one attached hydrogen (secondary N) is 1. The van der Waals surface area contributed by atoms with Crippen LogP contribution in [0, 0.1) is 25.7 Å². The molecule has 0 aliphatic heterocycles. The molecule has 1 N–H and O–H groups in total. The molecule has 0 aromatic carbocycles. The predicted molar refractivity (Wildman–Crippen MR) is 93.1 cm³/mol. The van der Waals surface area contributed by atoms with E-state index in [2.05, 4.69) is 24.1 Å². The zero-order valence-corrected chi connectivity index (χ0v) is 15.4. The van der Waals surface area contributed by atoms with E-state index in [1.807, 2.05) is 0 Å². The monoisotopic (exact) mass is 352 g/mol. The lowest BCUT2D eigenvalue weighted by Gasteiger charge is -2.34. The lowest BCUT2D eigenvalue weighted by molar-refractivity contribution is -0.125. The molecule has 0 bridgehead atoms. The van der Waals surface area contributed by atoms with Gasteiger partial charge in [-0.25, -0.2) is 9.78 Å². The Hall–Kier alpha value is -1.62. The van der Waals surface area contributed by atoms with Gasteiger partial charge in [-0.3, -0.25) is 4.79 Å². The summed E-state index contributed by atoms with van der Waals surface area (Å²) >= 11 is 6.02. The molecule has 24 heavy (non-hydrogen) atoms. The Morgan fingerprint density at radius 1 is 1.33 bits per heavy atom. The SMILES string of the molecule is Cc1cc(C)c(C(=O)OCC(=O)N[C@@H]2CCC[C@@H](C)[C@H]2C)c(Cl)n1. The first-order chi connectivity index (χ1) is 11.3. The summed E-state index contributed by atoms with van der Waals surface area (Å²) in [5.74, 6) is 0.122. The van der Waals surface area contributed by atoms with E-state index in [1.165, 1.54) is 6.42 Å². The topological polar surface area (TPSA) is 68.3 Å². The summed E-state index contributed by atoms with van der Waals surface area (Å²) in [6, 6.07) is 1.90. The Bertz CT molecular complexity index is 610. The van der Waals surface area contributed by atoms with Crippen LogP contribution in [0.15, 0.2) is 6.07 Å². The van der Waals surface area contributed by atoms with Gasteiger partial charge in [0.2, 0.25) is 0 Å². The smallest absolute Gasteiger partial charge is 0.342 e. The van der Waals surface area contributed by atoms with Gasteiger partial charge in [-0.2, -0.15) is 0 Å². The van der Waals surface area contributed by atoms with Crippen molar-refractivity contribution in [3.05, 3.63) is 28.0 Å². The third-order valence-electron chi connectivity index (χ3n) is 4.89. The van der Waals surface area contributed by atoms with Crippen molar-refractivity contribution in [1.29, 1.82) is 0 Å². The van der Waals surface area contributed by atoms with Crippen molar-refractivity contribution in [3.8, 4) is 0 Å². The van der Waals surface area contributed by atoms with Crippen molar-refractivity contribution in [2.75, 3.05) is 6.61 Å². The second-order valence-corrected chi connectivity index (χ2v) is 7.12. The number of carbonyl (C=O) groups is 2. The minimum atomic E-state index is -0.620. The fourth-order valence-corrected chi connectivity index (χ4v) is 3.63. The van der Waals surface area contributed by atoms with Crippen molar-refractivity contribution < 1.29 is 14.3 Å². The predicted octanol–water partition coefficient (Wildman–Crippen LogP) is 3.45. The van der Waals surface area contributed by atoms with Crippen LogP contribution in [0.2, 0.25) is 5.15 Å². The summed E-state index contributed by atoms with van der Waals surface area (Å²) in [6.45, 7) is 7.62. The van der Waals surface area contributed by atoms with Gasteiger partial charge in [0, 0.05) is 11.7 Å². The van der Waals surface area contributed by atoms with Crippen LogP contribution >= 0.6 is 11.6 Å². The highest BCUT2D eigenvalue weighted by atomic mass is 35.5. The molecule has 0 saturated heterocycles. The van der Waals surface area contributed by atoms with Gasteiger partial charge in [-0.05, 0) is 43.7 Å². The molecule has 0 unspecified atom stereocenters. The van der Waals surface area contributed by atoms with Crippen molar-refractivity contribution in [2.24, 2.45) is 11.8 Å². The quantitative estimate of drug-likeness (QED) is 0.665. The summed E-state index contributed by atoms with van der Waals surface area (Å²) < 4.78 is 5.12. The number of nitrogens with zero attached hydrogens (tertiary/aromatic N) is 1. The maximum atomic E-state index is 12.2. The van der Waals surface area contributed by atoms with E-state index in [0.29, 0.717) is 17.4 Å². The zero-order valence-electron chi connectivity index (χ0n) is 14.7. The van der Waals surface area contributed by atoms with Crippen molar-refractivity contribution in [2.45, 2.75) is 53.0 Å². The molecule has 0 radical (unpaired) electrons. The molecule has 1 aliphatic rings. The number of rotatable bonds is 4. The Morgan fingerprint density at radius 2 is 2.04 bits per heavy atom. The Kier molecular flexibility index (Phi) is 6.21. The fraction of sp³-hybridized carbons (Fsp3) is 0.611. The van der Waals surface area contributed by atoms with Crippen LogP contribution in [-0.2, 0) is 9.53 Å². The number of hydrogen-bond acceptors (Lipinski definition) is 4. The third kappa shape index (κ3) is 4.47. The number of pyridine rings is 1. The average molecular weight is 353 g/mol. The van der Waals surface area contributed by atoms with E-state index in [-0.39, 0.29) is 29.3 Å². The second kappa shape index (κ2) is 7.97. The van der Waals surface area contributed by atoms with E-state index >= 15 is 0 Å². The highest BCUT2D eigenvalue weighted by Crippen LogP contribution is 2.29. The Morgan fingerprint density at radius 3 is 2.71 bits per heavy atom. The molecular formula is C18H25ClN2O3. The van der Waals surface area contributed by atoms with Gasteiger partial charge in [-0.1, -0.05) is 38.3 Å². The lowest BCUT2D eigenvalue weighted by Crippen LogP contribution is -2.45. The van der Waals surface area contributed by atoms with Crippen LogP contribution in [0.3, 0.4) is 0 Å². The van der Waals surface area contributed by atoms with E-state index in [4.69, 9.17) is 16.3 Å². The minimum Gasteiger partial charge on any atom is -0.452 e. The molecule has 0 spiro atoms. The second-order valence-electron chi connectivity index (χ2n) is 6.76. The number of hydrogen-bond donors (Lipinski definition) is 1. The van der Waals surface area contributed by atoms with E-state index in [9.17, 15) is 9.59 Å². The summed E-state index contributed by atoms with van der Waals surface area (Å²) in [7, 11) is 0. The molecule has 1 saturated carbocycles. The van der Waals surface area contributed by atoms with Crippen LogP contribution in [0.1, 0.15) is 54.7 Å². The molecule has 1 aromatic heterocycles. The van der Waals surface area contributed by atoms with E-state index in [1.54, 1.807) is 19.9 Å². The third-order valence-corrected chi connectivity index (χ3v) is 5.17. The summed E-state index contributed by atoms with van der Waals surface area (Å²) in [5.41, 5.74) is 1.63. The van der Waals surface area contributed by atoms with Crippen molar-refractivity contribution >= 4 is 23.5 Å². The molecule has 3 atom stereocenters. The molecule has 1 aliphatic carbocycles. The number of amides is 1. The van der Waals surface area contributed by atoms with Gasteiger partial charge in [0.15, 0.2) is 6.61 Å². The molecule has 132 valence electrons. The van der Waals surface area contributed by atoms with Gasteiger partial charge in [0.05, 0.1) is 5.56 Å². The Labute approximate surface area is 148 Å². The fourth-order valence-electron chi connectivity index (χ4n) is 3.27. The first-order valence-electron chi connectivity index (χ1n) is 8.39. The molecular weight excluding hydrogens is 328 g/mol. The van der Waals surface area contributed by atoms with Gasteiger partial charge >= 0.3 is 5.97 Å². The van der Waals surface area contributed by atoms with Crippen LogP contribution in [0.5, 0.6) is 0 Å². The molecule has 1 aromatic rings. The molecule has 2 rings (SSSR count).